The van der Waals surface area contributed by atoms with Gasteiger partial charge in [-0.25, -0.2) is 0 Å². The molecule has 2 unspecified atom stereocenters. The Kier molecular flexibility index (Phi) is 8.94. The van der Waals surface area contributed by atoms with Crippen LogP contribution in [0.1, 0.15) is 73.1 Å². The van der Waals surface area contributed by atoms with Gasteiger partial charge in [-0.05, 0) is 63.6 Å². The van der Waals surface area contributed by atoms with Crippen molar-refractivity contribution in [3.8, 4) is 0 Å². The molecule has 0 aromatic carbocycles. The fourth-order valence-electron chi connectivity index (χ4n) is 3.34. The lowest BCUT2D eigenvalue weighted by atomic mass is 9.78. The molecule has 0 N–H and O–H groups in total. The van der Waals surface area contributed by atoms with Crippen LogP contribution < -0.4 is 0 Å². The third-order valence-corrected chi connectivity index (χ3v) is 4.22. The van der Waals surface area contributed by atoms with Gasteiger partial charge in [0.1, 0.15) is 0 Å². The summed E-state index contributed by atoms with van der Waals surface area (Å²) in [5.74, 6) is 1.00. The second kappa shape index (κ2) is 8.97. The largest absolute Gasteiger partial charge is 0.306 e. The fraction of sp³-hybridized carbons (Fsp3) is 1.00. The molecule has 1 nitrogen and oxygen atoms in total. The van der Waals surface area contributed by atoms with E-state index in [9.17, 15) is 0 Å². The molecule has 1 aliphatic carbocycles. The number of likely N-dealkylation sites (tertiary alicyclic amines) is 1. The van der Waals surface area contributed by atoms with E-state index in [4.69, 9.17) is 0 Å². The molecule has 2 atom stereocenters. The molecule has 0 aromatic heterocycles. The molecule has 1 heterocycles. The van der Waals surface area contributed by atoms with Gasteiger partial charge in [0.05, 0.1) is 0 Å². The Morgan fingerprint density at radius 2 is 1.59 bits per heavy atom. The van der Waals surface area contributed by atoms with Crippen molar-refractivity contribution < 1.29 is 0 Å². The predicted molar refractivity (Wildman–Crippen MR) is 79.5 cm³/mol. The summed E-state index contributed by atoms with van der Waals surface area (Å²) in [5.41, 5.74) is 0.768. The monoisotopic (exact) mass is 241 g/mol. The van der Waals surface area contributed by atoms with Gasteiger partial charge in [-0.2, -0.15) is 0 Å². The molecule has 0 radical (unpaired) electrons. The van der Waals surface area contributed by atoms with Crippen molar-refractivity contribution in [2.24, 2.45) is 11.3 Å². The quantitative estimate of drug-likeness (QED) is 0.579. The summed E-state index contributed by atoms with van der Waals surface area (Å²) in [6.45, 7) is 13.1. The van der Waals surface area contributed by atoms with E-state index in [-0.39, 0.29) is 0 Å². The molecule has 1 heteroatoms. The minimum absolute atomic E-state index is 0.768. The Morgan fingerprint density at radius 1 is 0.941 bits per heavy atom. The van der Waals surface area contributed by atoms with E-state index < -0.39 is 0 Å². The Hall–Kier alpha value is -0.0400. The predicted octanol–water partition coefficient (Wildman–Crippen LogP) is 4.96. The van der Waals surface area contributed by atoms with Crippen LogP contribution in [0.3, 0.4) is 0 Å². The Labute approximate surface area is 110 Å². The van der Waals surface area contributed by atoms with Crippen molar-refractivity contribution in [2.45, 2.75) is 73.1 Å². The highest BCUT2D eigenvalue weighted by atomic mass is 15.1. The number of hydrogen-bond acceptors (Lipinski definition) is 1. The van der Waals surface area contributed by atoms with Crippen LogP contribution in [0.25, 0.3) is 0 Å². The Balaban J connectivity index is 0.000000581. The lowest BCUT2D eigenvalue weighted by Crippen LogP contribution is -2.21. The Morgan fingerprint density at radius 3 is 2.12 bits per heavy atom. The molecule has 2 aliphatic rings. The summed E-state index contributed by atoms with van der Waals surface area (Å²) >= 11 is 0. The van der Waals surface area contributed by atoms with Crippen molar-refractivity contribution in [1.82, 2.24) is 4.90 Å². The first kappa shape index (κ1) is 17.0. The molecule has 17 heavy (non-hydrogen) atoms. The number of hydrogen-bond donors (Lipinski definition) is 0. The molecule has 0 bridgehead atoms. The first-order valence-corrected chi connectivity index (χ1v) is 7.89. The van der Waals surface area contributed by atoms with E-state index in [2.05, 4.69) is 18.9 Å². The van der Waals surface area contributed by atoms with Gasteiger partial charge in [0.2, 0.25) is 0 Å². The standard InChI is InChI=1S/C12H23N.2C2H6/c1-11-4-6-12(10-11)5-3-8-13(2)9-7-12;2*1-2/h11H,3-10H2,1-2H3;2*1-2H3. The van der Waals surface area contributed by atoms with E-state index in [1.807, 2.05) is 27.7 Å². The van der Waals surface area contributed by atoms with Gasteiger partial charge in [0, 0.05) is 0 Å². The highest BCUT2D eigenvalue weighted by molar-refractivity contribution is 4.89. The smallest absolute Gasteiger partial charge is 0.00165 e. The molecular formula is C16H35N. The maximum absolute atomic E-state index is 2.51. The van der Waals surface area contributed by atoms with Gasteiger partial charge in [0.25, 0.3) is 0 Å². The zero-order valence-corrected chi connectivity index (χ0v) is 13.2. The highest BCUT2D eigenvalue weighted by Crippen LogP contribution is 2.48. The topological polar surface area (TPSA) is 3.24 Å². The molecule has 1 aliphatic heterocycles. The summed E-state index contributed by atoms with van der Waals surface area (Å²) in [7, 11) is 2.28. The van der Waals surface area contributed by atoms with E-state index in [1.54, 1.807) is 0 Å². The van der Waals surface area contributed by atoms with Crippen LogP contribution in [-0.2, 0) is 0 Å². The molecule has 2 fully saturated rings. The molecular weight excluding hydrogens is 206 g/mol. The molecule has 2 rings (SSSR count). The van der Waals surface area contributed by atoms with Crippen molar-refractivity contribution in [3.63, 3.8) is 0 Å². The lowest BCUT2D eigenvalue weighted by molar-refractivity contribution is 0.240. The van der Waals surface area contributed by atoms with Crippen LogP contribution in [0.2, 0.25) is 0 Å². The SMILES string of the molecule is CC.CC.CC1CCC2(CCCN(C)CC2)C1. The van der Waals surface area contributed by atoms with Crippen LogP contribution in [0, 0.1) is 11.3 Å². The maximum atomic E-state index is 2.51. The number of nitrogens with zero attached hydrogens (tertiary/aromatic N) is 1. The summed E-state index contributed by atoms with van der Waals surface area (Å²) in [6.07, 6.45) is 8.92. The molecule has 104 valence electrons. The van der Waals surface area contributed by atoms with Crippen LogP contribution in [0.15, 0.2) is 0 Å². The van der Waals surface area contributed by atoms with Crippen molar-refractivity contribution >= 4 is 0 Å². The van der Waals surface area contributed by atoms with Crippen molar-refractivity contribution in [2.75, 3.05) is 20.1 Å². The van der Waals surface area contributed by atoms with Crippen LogP contribution in [0.4, 0.5) is 0 Å². The second-order valence-electron chi connectivity index (χ2n) is 5.50. The third-order valence-electron chi connectivity index (χ3n) is 4.22. The van der Waals surface area contributed by atoms with E-state index in [1.165, 1.54) is 51.6 Å². The molecule has 1 spiro atoms. The average molecular weight is 241 g/mol. The minimum Gasteiger partial charge on any atom is -0.306 e. The summed E-state index contributed by atoms with van der Waals surface area (Å²) in [4.78, 5) is 2.51. The first-order valence-electron chi connectivity index (χ1n) is 7.89. The third kappa shape index (κ3) is 5.42. The molecule has 0 amide bonds. The van der Waals surface area contributed by atoms with Gasteiger partial charge in [-0.3, -0.25) is 0 Å². The summed E-state index contributed by atoms with van der Waals surface area (Å²) in [6, 6.07) is 0. The zero-order chi connectivity index (χ0) is 13.3. The van der Waals surface area contributed by atoms with Crippen LogP contribution in [-0.4, -0.2) is 25.0 Å². The zero-order valence-electron chi connectivity index (χ0n) is 13.2. The Bertz CT molecular complexity index is 176. The number of rotatable bonds is 0. The fourth-order valence-corrected chi connectivity index (χ4v) is 3.34. The van der Waals surface area contributed by atoms with Gasteiger partial charge in [0.15, 0.2) is 0 Å². The molecule has 0 aromatic rings. The van der Waals surface area contributed by atoms with Gasteiger partial charge in [-0.1, -0.05) is 41.0 Å². The summed E-state index contributed by atoms with van der Waals surface area (Å²) < 4.78 is 0. The average Bonchev–Trinajstić information content (AvgIpc) is 2.64. The molecule has 1 saturated heterocycles. The van der Waals surface area contributed by atoms with Crippen LogP contribution in [0.5, 0.6) is 0 Å². The second-order valence-corrected chi connectivity index (χ2v) is 5.50. The van der Waals surface area contributed by atoms with Crippen molar-refractivity contribution in [1.29, 1.82) is 0 Å². The lowest BCUT2D eigenvalue weighted by Gasteiger charge is -2.27. The summed E-state index contributed by atoms with van der Waals surface area (Å²) in [5, 5.41) is 0. The van der Waals surface area contributed by atoms with Crippen LogP contribution >= 0.6 is 0 Å². The van der Waals surface area contributed by atoms with E-state index in [0.717, 1.165) is 11.3 Å². The van der Waals surface area contributed by atoms with Gasteiger partial charge in [-0.15, -0.1) is 0 Å². The molecule has 1 saturated carbocycles. The van der Waals surface area contributed by atoms with E-state index >= 15 is 0 Å². The van der Waals surface area contributed by atoms with Gasteiger partial charge >= 0.3 is 0 Å². The minimum atomic E-state index is 0.768. The maximum Gasteiger partial charge on any atom is -0.00165 e. The first-order chi connectivity index (χ1) is 8.20. The van der Waals surface area contributed by atoms with E-state index in [0.29, 0.717) is 0 Å². The normalized spacial score (nSPS) is 33.2. The van der Waals surface area contributed by atoms with Gasteiger partial charge < -0.3 is 4.90 Å². The van der Waals surface area contributed by atoms with Crippen molar-refractivity contribution in [3.05, 3.63) is 0 Å². The highest BCUT2D eigenvalue weighted by Gasteiger charge is 2.37.